The van der Waals surface area contributed by atoms with Crippen LogP contribution in [0.25, 0.3) is 11.0 Å². The molecular weight excluding hydrogens is 206 g/mol. The smallest absolute Gasteiger partial charge is 0.337 e. The SMILES string of the molecule is Nc1cc2nc(C3CC3)[nH]c2cc1C(=O)O. The first kappa shape index (κ1) is 9.21. The molecule has 0 spiro atoms. The number of H-pyrrole nitrogens is 1. The number of nitrogen functional groups attached to an aromatic ring is 1. The van der Waals surface area contributed by atoms with Crippen molar-refractivity contribution in [2.45, 2.75) is 18.8 Å². The van der Waals surface area contributed by atoms with Crippen molar-refractivity contribution in [3.8, 4) is 0 Å². The van der Waals surface area contributed by atoms with Crippen molar-refractivity contribution in [1.29, 1.82) is 0 Å². The summed E-state index contributed by atoms with van der Waals surface area (Å²) in [5.74, 6) is 0.445. The maximum absolute atomic E-state index is 10.9. The molecular formula is C11H11N3O2. The fourth-order valence-electron chi connectivity index (χ4n) is 1.83. The normalized spacial score (nSPS) is 15.5. The monoisotopic (exact) mass is 217 g/mol. The van der Waals surface area contributed by atoms with E-state index in [2.05, 4.69) is 9.97 Å². The predicted octanol–water partition coefficient (Wildman–Crippen LogP) is 1.72. The summed E-state index contributed by atoms with van der Waals surface area (Å²) in [4.78, 5) is 18.5. The van der Waals surface area contributed by atoms with Crippen molar-refractivity contribution in [3.63, 3.8) is 0 Å². The number of hydrogen-bond acceptors (Lipinski definition) is 3. The number of nitrogens with zero attached hydrogens (tertiary/aromatic N) is 1. The minimum absolute atomic E-state index is 0.124. The molecule has 0 radical (unpaired) electrons. The Morgan fingerprint density at radius 1 is 1.50 bits per heavy atom. The van der Waals surface area contributed by atoms with Crippen LogP contribution in [-0.4, -0.2) is 21.0 Å². The van der Waals surface area contributed by atoms with Gasteiger partial charge in [-0.1, -0.05) is 0 Å². The molecule has 0 atom stereocenters. The molecule has 5 heteroatoms. The van der Waals surface area contributed by atoms with Crippen LogP contribution < -0.4 is 5.73 Å². The minimum atomic E-state index is -1.01. The van der Waals surface area contributed by atoms with E-state index in [0.29, 0.717) is 5.92 Å². The number of carbonyl (C=O) groups is 1. The molecule has 1 saturated carbocycles. The van der Waals surface area contributed by atoms with Crippen LogP contribution in [0.2, 0.25) is 0 Å². The van der Waals surface area contributed by atoms with Crippen molar-refractivity contribution < 1.29 is 9.90 Å². The van der Waals surface area contributed by atoms with E-state index in [9.17, 15) is 4.79 Å². The van der Waals surface area contributed by atoms with Crippen LogP contribution in [0, 0.1) is 0 Å². The Labute approximate surface area is 91.3 Å². The van der Waals surface area contributed by atoms with Crippen LogP contribution in [0.15, 0.2) is 12.1 Å². The number of nitrogens with two attached hydrogens (primary N) is 1. The summed E-state index contributed by atoms with van der Waals surface area (Å²) in [5, 5.41) is 8.94. The summed E-state index contributed by atoms with van der Waals surface area (Å²) >= 11 is 0. The highest BCUT2D eigenvalue weighted by atomic mass is 16.4. The Morgan fingerprint density at radius 3 is 2.88 bits per heavy atom. The molecule has 1 aromatic heterocycles. The van der Waals surface area contributed by atoms with Gasteiger partial charge in [-0.05, 0) is 25.0 Å². The summed E-state index contributed by atoms with van der Waals surface area (Å²) < 4.78 is 0. The molecule has 0 amide bonds. The van der Waals surface area contributed by atoms with Crippen molar-refractivity contribution in [2.24, 2.45) is 0 Å². The van der Waals surface area contributed by atoms with E-state index >= 15 is 0 Å². The van der Waals surface area contributed by atoms with Crippen molar-refractivity contribution >= 4 is 22.7 Å². The molecule has 3 rings (SSSR count). The lowest BCUT2D eigenvalue weighted by Crippen LogP contribution is -2.01. The van der Waals surface area contributed by atoms with E-state index in [1.165, 1.54) is 0 Å². The highest BCUT2D eigenvalue weighted by Gasteiger charge is 2.27. The van der Waals surface area contributed by atoms with E-state index in [-0.39, 0.29) is 11.3 Å². The van der Waals surface area contributed by atoms with E-state index < -0.39 is 5.97 Å². The highest BCUT2D eigenvalue weighted by molar-refractivity contribution is 5.98. The lowest BCUT2D eigenvalue weighted by molar-refractivity contribution is 0.0698. The van der Waals surface area contributed by atoms with Gasteiger partial charge in [-0.3, -0.25) is 0 Å². The fraction of sp³-hybridized carbons (Fsp3) is 0.273. The largest absolute Gasteiger partial charge is 0.478 e. The first-order valence-corrected chi connectivity index (χ1v) is 5.17. The second-order valence-electron chi connectivity index (χ2n) is 4.16. The van der Waals surface area contributed by atoms with Gasteiger partial charge in [-0.2, -0.15) is 0 Å². The number of aromatic amines is 1. The Balaban J connectivity index is 2.19. The van der Waals surface area contributed by atoms with Crippen LogP contribution in [0.5, 0.6) is 0 Å². The molecule has 0 bridgehead atoms. The van der Waals surface area contributed by atoms with Gasteiger partial charge in [0.1, 0.15) is 5.82 Å². The van der Waals surface area contributed by atoms with E-state index in [0.717, 1.165) is 29.7 Å². The molecule has 0 aliphatic heterocycles. The number of aromatic nitrogens is 2. The third-order valence-corrected chi connectivity index (χ3v) is 2.87. The van der Waals surface area contributed by atoms with Crippen LogP contribution in [0.4, 0.5) is 5.69 Å². The number of carboxylic acid groups (broad SMARTS) is 1. The summed E-state index contributed by atoms with van der Waals surface area (Å²) in [5.41, 5.74) is 7.52. The minimum Gasteiger partial charge on any atom is -0.478 e. The van der Waals surface area contributed by atoms with Crippen LogP contribution in [0.3, 0.4) is 0 Å². The van der Waals surface area contributed by atoms with Crippen LogP contribution >= 0.6 is 0 Å². The van der Waals surface area contributed by atoms with Gasteiger partial charge in [0, 0.05) is 11.6 Å². The zero-order valence-electron chi connectivity index (χ0n) is 8.53. The number of rotatable bonds is 2. The zero-order valence-corrected chi connectivity index (χ0v) is 8.53. The number of nitrogens with one attached hydrogen (secondary N) is 1. The average molecular weight is 217 g/mol. The molecule has 0 saturated heterocycles. The van der Waals surface area contributed by atoms with Crippen molar-refractivity contribution in [2.75, 3.05) is 5.73 Å². The molecule has 1 aromatic carbocycles. The van der Waals surface area contributed by atoms with Crippen molar-refractivity contribution in [3.05, 3.63) is 23.5 Å². The Hall–Kier alpha value is -2.04. The number of benzene rings is 1. The number of hydrogen-bond donors (Lipinski definition) is 3. The lowest BCUT2D eigenvalue weighted by atomic mass is 10.1. The maximum Gasteiger partial charge on any atom is 0.337 e. The molecule has 82 valence electrons. The lowest BCUT2D eigenvalue weighted by Gasteiger charge is -1.99. The third-order valence-electron chi connectivity index (χ3n) is 2.87. The van der Waals surface area contributed by atoms with Gasteiger partial charge >= 0.3 is 5.97 Å². The third kappa shape index (κ3) is 1.32. The van der Waals surface area contributed by atoms with Gasteiger partial charge in [0.25, 0.3) is 0 Å². The summed E-state index contributed by atoms with van der Waals surface area (Å²) in [6.07, 6.45) is 2.31. The molecule has 16 heavy (non-hydrogen) atoms. The van der Waals surface area contributed by atoms with Gasteiger partial charge in [-0.15, -0.1) is 0 Å². The predicted molar refractivity (Wildman–Crippen MR) is 59.4 cm³/mol. The molecule has 2 aromatic rings. The van der Waals surface area contributed by atoms with Gasteiger partial charge < -0.3 is 15.8 Å². The number of carboxylic acids is 1. The van der Waals surface area contributed by atoms with Crippen LogP contribution in [-0.2, 0) is 0 Å². The summed E-state index contributed by atoms with van der Waals surface area (Å²) in [6, 6.07) is 3.16. The van der Waals surface area contributed by atoms with Gasteiger partial charge in [0.2, 0.25) is 0 Å². The topological polar surface area (TPSA) is 92.0 Å². The Bertz CT molecular complexity index is 584. The van der Waals surface area contributed by atoms with E-state index in [1.807, 2.05) is 0 Å². The first-order valence-electron chi connectivity index (χ1n) is 5.17. The molecule has 1 aliphatic rings. The fourth-order valence-corrected chi connectivity index (χ4v) is 1.83. The van der Waals surface area contributed by atoms with Gasteiger partial charge in [0.05, 0.1) is 16.6 Å². The van der Waals surface area contributed by atoms with E-state index in [1.54, 1.807) is 12.1 Å². The quantitative estimate of drug-likeness (QED) is 0.668. The molecule has 4 N–H and O–H groups in total. The molecule has 1 heterocycles. The second-order valence-corrected chi connectivity index (χ2v) is 4.16. The molecule has 0 unspecified atom stereocenters. The first-order chi connectivity index (χ1) is 7.65. The number of aromatic carboxylic acids is 1. The highest BCUT2D eigenvalue weighted by Crippen LogP contribution is 2.39. The number of fused-ring (bicyclic) bond motifs is 1. The number of imidazole rings is 1. The maximum atomic E-state index is 10.9. The molecule has 1 fully saturated rings. The average Bonchev–Trinajstić information content (AvgIpc) is 2.98. The standard InChI is InChI=1S/C11H11N3O2/c12-7-4-9-8(3-6(7)11(15)16)13-10(14-9)5-1-2-5/h3-5H,1-2,12H2,(H,13,14)(H,15,16). The second kappa shape index (κ2) is 2.98. The summed E-state index contributed by atoms with van der Waals surface area (Å²) in [7, 11) is 0. The summed E-state index contributed by atoms with van der Waals surface area (Å²) in [6.45, 7) is 0. The molecule has 1 aliphatic carbocycles. The van der Waals surface area contributed by atoms with Crippen molar-refractivity contribution in [1.82, 2.24) is 9.97 Å². The van der Waals surface area contributed by atoms with E-state index in [4.69, 9.17) is 10.8 Å². The molecule has 5 nitrogen and oxygen atoms in total. The Morgan fingerprint density at radius 2 is 2.25 bits per heavy atom. The van der Waals surface area contributed by atoms with Crippen LogP contribution in [0.1, 0.15) is 34.9 Å². The Kier molecular flexibility index (Phi) is 1.71. The number of anilines is 1. The zero-order chi connectivity index (χ0) is 11.3. The van der Waals surface area contributed by atoms with Gasteiger partial charge in [0.15, 0.2) is 0 Å². The van der Waals surface area contributed by atoms with Gasteiger partial charge in [-0.25, -0.2) is 9.78 Å².